The van der Waals surface area contributed by atoms with E-state index in [9.17, 15) is 5.11 Å². The van der Waals surface area contributed by atoms with Crippen molar-refractivity contribution in [3.63, 3.8) is 0 Å². The van der Waals surface area contributed by atoms with Crippen LogP contribution in [0.25, 0.3) is 0 Å². The maximum absolute atomic E-state index is 10.2. The number of hydrogen-bond acceptors (Lipinski definition) is 5. The number of nitrogens with two attached hydrogens (primary N) is 1. The average Bonchev–Trinajstić information content (AvgIpc) is 2.67. The number of rotatable bonds is 5. The zero-order valence-corrected chi connectivity index (χ0v) is 12.7. The maximum atomic E-state index is 10.2. The molecule has 1 saturated heterocycles. The maximum Gasteiger partial charge on any atom is 0.0862 e. The first-order valence-corrected chi connectivity index (χ1v) is 7.24. The van der Waals surface area contributed by atoms with E-state index >= 15 is 0 Å². The molecule has 0 spiro atoms. The number of β-amino-alcohol motifs (C(OH)–C–C–N with tert-alkyl or cyclic N) is 1. The smallest absolute Gasteiger partial charge is 0.0862 e. The van der Waals surface area contributed by atoms with Crippen LogP contribution < -0.4 is 5.73 Å². The molecule has 20 heavy (non-hydrogen) atoms. The molecule has 0 bridgehead atoms. The molecule has 1 atom stereocenters. The van der Waals surface area contributed by atoms with Crippen LogP contribution in [0, 0.1) is 13.8 Å². The van der Waals surface area contributed by atoms with Gasteiger partial charge in [-0.05, 0) is 26.7 Å². The summed E-state index contributed by atoms with van der Waals surface area (Å²) in [5, 5.41) is 14.6. The van der Waals surface area contributed by atoms with E-state index in [-0.39, 0.29) is 0 Å². The van der Waals surface area contributed by atoms with Crippen molar-refractivity contribution >= 4 is 5.69 Å². The third-order valence-corrected chi connectivity index (χ3v) is 4.16. The van der Waals surface area contributed by atoms with E-state index in [1.165, 1.54) is 0 Å². The van der Waals surface area contributed by atoms with Gasteiger partial charge in [0.05, 0.1) is 35.8 Å². The molecule has 6 nitrogen and oxygen atoms in total. The number of aliphatic hydroxyl groups excluding tert-OH is 1. The first kappa shape index (κ1) is 15.3. The Kier molecular flexibility index (Phi) is 5.01. The van der Waals surface area contributed by atoms with E-state index in [2.05, 4.69) is 10.00 Å². The molecular formula is C14H26N4O2. The second-order valence-electron chi connectivity index (χ2n) is 5.66. The molecule has 2 rings (SSSR count). The van der Waals surface area contributed by atoms with Crippen molar-refractivity contribution in [2.75, 3.05) is 32.5 Å². The number of likely N-dealkylation sites (tertiary alicyclic amines) is 1. The van der Waals surface area contributed by atoms with E-state index in [1.807, 2.05) is 13.8 Å². The Bertz CT molecular complexity index is 439. The van der Waals surface area contributed by atoms with Gasteiger partial charge in [0, 0.05) is 26.7 Å². The number of nitrogen functional groups attached to an aromatic ring is 1. The van der Waals surface area contributed by atoms with E-state index in [0.29, 0.717) is 19.2 Å². The lowest BCUT2D eigenvalue weighted by Gasteiger charge is -2.32. The molecule has 114 valence electrons. The number of piperidine rings is 1. The number of methoxy groups -OCH3 is 1. The number of nitrogens with zero attached hydrogens (tertiary/aromatic N) is 3. The standard InChI is InChI=1S/C14H26N4O2/c1-10-14(15)11(2)18(16-10)9-12(19)8-17-6-4-13(20-3)5-7-17/h12-13,19H,4-9,15H2,1-3H3. The molecule has 2 heterocycles. The lowest BCUT2D eigenvalue weighted by Crippen LogP contribution is -2.42. The number of ether oxygens (including phenoxy) is 1. The summed E-state index contributed by atoms with van der Waals surface area (Å²) in [5.41, 5.74) is 8.38. The molecule has 1 aromatic rings. The van der Waals surface area contributed by atoms with E-state index in [4.69, 9.17) is 10.5 Å². The van der Waals surface area contributed by atoms with Crippen LogP contribution in [0.15, 0.2) is 0 Å². The van der Waals surface area contributed by atoms with Gasteiger partial charge in [-0.3, -0.25) is 4.68 Å². The molecule has 1 aliphatic heterocycles. The second kappa shape index (κ2) is 6.56. The van der Waals surface area contributed by atoms with E-state index in [0.717, 1.165) is 43.0 Å². The monoisotopic (exact) mass is 282 g/mol. The Balaban J connectivity index is 1.83. The third-order valence-electron chi connectivity index (χ3n) is 4.16. The summed E-state index contributed by atoms with van der Waals surface area (Å²) in [7, 11) is 1.77. The average molecular weight is 282 g/mol. The fourth-order valence-corrected chi connectivity index (χ4v) is 2.77. The first-order valence-electron chi connectivity index (χ1n) is 7.24. The second-order valence-corrected chi connectivity index (χ2v) is 5.66. The summed E-state index contributed by atoms with van der Waals surface area (Å²) in [6.07, 6.45) is 2.03. The van der Waals surface area contributed by atoms with Crippen molar-refractivity contribution in [1.82, 2.24) is 14.7 Å². The fraction of sp³-hybridized carbons (Fsp3) is 0.786. The van der Waals surface area contributed by atoms with Crippen LogP contribution in [0.4, 0.5) is 5.69 Å². The Morgan fingerprint density at radius 3 is 2.50 bits per heavy atom. The van der Waals surface area contributed by atoms with Gasteiger partial charge in [-0.15, -0.1) is 0 Å². The SMILES string of the molecule is COC1CCN(CC(O)Cn2nc(C)c(N)c2C)CC1. The molecular weight excluding hydrogens is 256 g/mol. The first-order chi connectivity index (χ1) is 9.51. The summed E-state index contributed by atoms with van der Waals surface area (Å²) >= 11 is 0. The number of anilines is 1. The van der Waals surface area contributed by atoms with Gasteiger partial charge in [-0.25, -0.2) is 0 Å². The number of aliphatic hydroxyl groups is 1. The Morgan fingerprint density at radius 1 is 1.35 bits per heavy atom. The molecule has 0 saturated carbocycles. The summed E-state index contributed by atoms with van der Waals surface area (Å²) in [5.74, 6) is 0. The van der Waals surface area contributed by atoms with Crippen LogP contribution in [-0.4, -0.2) is 58.7 Å². The predicted molar refractivity (Wildman–Crippen MR) is 78.6 cm³/mol. The molecule has 0 aliphatic carbocycles. The normalized spacial score (nSPS) is 19.4. The molecule has 1 fully saturated rings. The van der Waals surface area contributed by atoms with E-state index < -0.39 is 6.10 Å². The van der Waals surface area contributed by atoms with Gasteiger partial charge < -0.3 is 20.5 Å². The minimum Gasteiger partial charge on any atom is -0.396 e. The van der Waals surface area contributed by atoms with Gasteiger partial charge >= 0.3 is 0 Å². The molecule has 0 aromatic carbocycles. The topological polar surface area (TPSA) is 76.5 Å². The molecule has 0 radical (unpaired) electrons. The Hall–Kier alpha value is -1.11. The molecule has 1 aliphatic rings. The largest absolute Gasteiger partial charge is 0.396 e. The van der Waals surface area contributed by atoms with Crippen LogP contribution in [0.2, 0.25) is 0 Å². The Labute approximate surface area is 120 Å². The van der Waals surface area contributed by atoms with Crippen LogP contribution in [-0.2, 0) is 11.3 Å². The van der Waals surface area contributed by atoms with Gasteiger partial charge in [0.15, 0.2) is 0 Å². The van der Waals surface area contributed by atoms with Crippen molar-refractivity contribution < 1.29 is 9.84 Å². The van der Waals surface area contributed by atoms with Crippen LogP contribution in [0.1, 0.15) is 24.2 Å². The molecule has 6 heteroatoms. The highest BCUT2D eigenvalue weighted by atomic mass is 16.5. The van der Waals surface area contributed by atoms with Gasteiger partial charge in [-0.2, -0.15) is 5.10 Å². The van der Waals surface area contributed by atoms with Crippen LogP contribution in [0.5, 0.6) is 0 Å². The van der Waals surface area contributed by atoms with Gasteiger partial charge in [0.25, 0.3) is 0 Å². The quantitative estimate of drug-likeness (QED) is 0.825. The van der Waals surface area contributed by atoms with Gasteiger partial charge in [-0.1, -0.05) is 0 Å². The number of aryl methyl sites for hydroxylation is 1. The summed E-state index contributed by atoms with van der Waals surface area (Å²) in [6, 6.07) is 0. The molecule has 1 unspecified atom stereocenters. The van der Waals surface area contributed by atoms with E-state index in [1.54, 1.807) is 11.8 Å². The zero-order chi connectivity index (χ0) is 14.7. The van der Waals surface area contributed by atoms with Gasteiger partial charge in [0.1, 0.15) is 0 Å². The van der Waals surface area contributed by atoms with Crippen molar-refractivity contribution in [3.8, 4) is 0 Å². The minimum absolute atomic E-state index is 0.374. The number of aromatic nitrogens is 2. The third kappa shape index (κ3) is 3.50. The molecule has 3 N–H and O–H groups in total. The van der Waals surface area contributed by atoms with Crippen molar-refractivity contribution in [2.45, 2.75) is 45.4 Å². The lowest BCUT2D eigenvalue weighted by molar-refractivity contribution is 0.0210. The lowest BCUT2D eigenvalue weighted by atomic mass is 10.1. The van der Waals surface area contributed by atoms with Crippen LogP contribution in [0.3, 0.4) is 0 Å². The Morgan fingerprint density at radius 2 is 2.00 bits per heavy atom. The predicted octanol–water partition coefficient (Wildman–Crippen LogP) is 0.554. The minimum atomic E-state index is -0.425. The molecule has 0 amide bonds. The fourth-order valence-electron chi connectivity index (χ4n) is 2.77. The highest BCUT2D eigenvalue weighted by Gasteiger charge is 2.21. The zero-order valence-electron chi connectivity index (χ0n) is 12.7. The summed E-state index contributed by atoms with van der Waals surface area (Å²) in [6.45, 7) is 6.96. The number of hydrogen-bond donors (Lipinski definition) is 2. The van der Waals surface area contributed by atoms with Gasteiger partial charge in [0.2, 0.25) is 0 Å². The summed E-state index contributed by atoms with van der Waals surface area (Å²) in [4.78, 5) is 2.29. The van der Waals surface area contributed by atoms with Crippen molar-refractivity contribution in [1.29, 1.82) is 0 Å². The van der Waals surface area contributed by atoms with Crippen LogP contribution >= 0.6 is 0 Å². The highest BCUT2D eigenvalue weighted by molar-refractivity contribution is 5.46. The molecule has 1 aromatic heterocycles. The highest BCUT2D eigenvalue weighted by Crippen LogP contribution is 2.16. The van der Waals surface area contributed by atoms with Crippen molar-refractivity contribution in [2.24, 2.45) is 0 Å². The van der Waals surface area contributed by atoms with Crippen molar-refractivity contribution in [3.05, 3.63) is 11.4 Å². The summed E-state index contributed by atoms with van der Waals surface area (Å²) < 4.78 is 7.16.